The lowest BCUT2D eigenvalue weighted by Crippen LogP contribution is -2.44. The summed E-state index contributed by atoms with van der Waals surface area (Å²) in [6, 6.07) is 0. The Balaban J connectivity index is 1.99. The van der Waals surface area contributed by atoms with Crippen LogP contribution in [0.3, 0.4) is 0 Å². The molecule has 0 aliphatic carbocycles. The van der Waals surface area contributed by atoms with Crippen LogP contribution in [0.1, 0.15) is 54.7 Å². The third kappa shape index (κ3) is 8.11. The quantitative estimate of drug-likeness (QED) is 0.138. The number of halogens is 2. The maximum Gasteiger partial charge on any atom is 0.425 e. The molecule has 2 aromatic rings. The Morgan fingerprint density at radius 3 is 2.16 bits per heavy atom. The van der Waals surface area contributed by atoms with Crippen LogP contribution in [0.15, 0.2) is 18.2 Å². The fourth-order valence-electron chi connectivity index (χ4n) is 3.93. The highest BCUT2D eigenvalue weighted by molar-refractivity contribution is 6.29. The molecular formula is C27H35ClFN5O10. The van der Waals surface area contributed by atoms with E-state index in [-0.39, 0.29) is 23.6 Å². The van der Waals surface area contributed by atoms with Crippen molar-refractivity contribution in [3.63, 3.8) is 0 Å². The number of carbonyl (C=O) groups is 4. The minimum atomic E-state index is -1.66. The van der Waals surface area contributed by atoms with E-state index < -0.39 is 70.8 Å². The summed E-state index contributed by atoms with van der Waals surface area (Å²) in [6.45, 7) is 10.9. The molecule has 4 atom stereocenters. The van der Waals surface area contributed by atoms with Gasteiger partial charge in [-0.25, -0.2) is 28.6 Å². The van der Waals surface area contributed by atoms with Gasteiger partial charge in [0, 0.05) is 5.92 Å². The van der Waals surface area contributed by atoms with Crippen LogP contribution in [-0.4, -0.2) is 87.9 Å². The zero-order chi connectivity index (χ0) is 33.1. The van der Waals surface area contributed by atoms with E-state index in [1.807, 2.05) is 0 Å². The molecule has 0 aromatic carbocycles. The molecule has 1 aliphatic heterocycles. The number of methoxy groups -OCH3 is 2. The average molecular weight is 644 g/mol. The number of amides is 2. The Morgan fingerprint density at radius 1 is 1.05 bits per heavy atom. The van der Waals surface area contributed by atoms with Gasteiger partial charge in [-0.1, -0.05) is 6.92 Å². The molecule has 2 aromatic heterocycles. The lowest BCUT2D eigenvalue weighted by atomic mass is 10.0. The summed E-state index contributed by atoms with van der Waals surface area (Å²) in [6.07, 6.45) is -4.17. The largest absolute Gasteiger partial charge is 0.484 e. The van der Waals surface area contributed by atoms with Crippen LogP contribution >= 0.6 is 11.6 Å². The number of anilines is 1. The van der Waals surface area contributed by atoms with Crippen LogP contribution in [0, 0.1) is 5.92 Å². The van der Waals surface area contributed by atoms with E-state index in [2.05, 4.69) is 24.4 Å². The normalized spacial score (nSPS) is 20.7. The number of imide groups is 1. The number of esters is 2. The van der Waals surface area contributed by atoms with E-state index in [4.69, 9.17) is 30.5 Å². The van der Waals surface area contributed by atoms with Crippen LogP contribution in [0.2, 0.25) is 5.28 Å². The molecule has 3 heterocycles. The summed E-state index contributed by atoms with van der Waals surface area (Å²) in [7, 11) is 2.21. The van der Waals surface area contributed by atoms with Crippen molar-refractivity contribution in [2.45, 2.75) is 78.2 Å². The molecule has 17 heteroatoms. The molecule has 3 rings (SSSR count). The summed E-state index contributed by atoms with van der Waals surface area (Å²) in [5.41, 5.74) is -2.18. The first-order valence-corrected chi connectivity index (χ1v) is 13.7. The van der Waals surface area contributed by atoms with Crippen molar-refractivity contribution in [3.8, 4) is 0 Å². The number of fused-ring (bicyclic) bond motifs is 1. The molecule has 15 nitrogen and oxygen atoms in total. The Bertz CT molecular complexity index is 1420. The molecular weight excluding hydrogens is 609 g/mol. The lowest BCUT2D eigenvalue weighted by molar-refractivity contribution is -0.143. The molecule has 0 radical (unpaired) electrons. The molecule has 1 aliphatic rings. The predicted molar refractivity (Wildman–Crippen MR) is 151 cm³/mol. The monoisotopic (exact) mass is 643 g/mol. The van der Waals surface area contributed by atoms with Crippen molar-refractivity contribution in [2.75, 3.05) is 25.7 Å². The highest BCUT2D eigenvalue weighted by Crippen LogP contribution is 2.39. The summed E-state index contributed by atoms with van der Waals surface area (Å²) in [4.78, 5) is 63.1. The van der Waals surface area contributed by atoms with Crippen molar-refractivity contribution in [3.05, 3.63) is 23.4 Å². The van der Waals surface area contributed by atoms with Gasteiger partial charge >= 0.3 is 24.1 Å². The van der Waals surface area contributed by atoms with Crippen molar-refractivity contribution in [1.82, 2.24) is 19.5 Å². The number of alkyl halides is 1. The molecule has 0 spiro atoms. The summed E-state index contributed by atoms with van der Waals surface area (Å²) in [5.74, 6) is -3.43. The van der Waals surface area contributed by atoms with Gasteiger partial charge in [-0.2, -0.15) is 14.9 Å². The summed E-state index contributed by atoms with van der Waals surface area (Å²) in [5, 5.41) is -0.400. The van der Waals surface area contributed by atoms with Gasteiger partial charge < -0.3 is 28.4 Å². The Hall–Kier alpha value is -4.05. The molecule has 1 fully saturated rings. The SMILES string of the molecule is COC(=O)/C=C(\OC[C@H]1O[C@@H](n2cnc3c(N(C(=O)OC(C)(C)C)C(=O)OC(C)(C)C)nc(Cl)nc32)[C@@H](F)[C@@H]1C)C(=O)OC. The van der Waals surface area contributed by atoms with Gasteiger partial charge in [0.25, 0.3) is 0 Å². The number of carbonyl (C=O) groups excluding carboxylic acids is 4. The number of imidazole rings is 1. The maximum atomic E-state index is 15.7. The van der Waals surface area contributed by atoms with Gasteiger partial charge in [-0.3, -0.25) is 4.57 Å². The molecule has 2 amide bonds. The van der Waals surface area contributed by atoms with Gasteiger partial charge in [-0.15, -0.1) is 0 Å². The zero-order valence-electron chi connectivity index (χ0n) is 25.7. The van der Waals surface area contributed by atoms with Crippen LogP contribution in [-0.2, 0) is 38.0 Å². The minimum Gasteiger partial charge on any atom is -0.484 e. The number of nitrogens with zero attached hydrogens (tertiary/aromatic N) is 5. The highest BCUT2D eigenvalue weighted by atomic mass is 35.5. The van der Waals surface area contributed by atoms with Crippen molar-refractivity contribution in [2.24, 2.45) is 5.92 Å². The second kappa shape index (κ2) is 13.3. The van der Waals surface area contributed by atoms with E-state index >= 15 is 4.39 Å². The number of ether oxygens (including phenoxy) is 6. The topological polar surface area (TPSA) is 171 Å². The first-order chi connectivity index (χ1) is 20.4. The maximum absolute atomic E-state index is 15.7. The summed E-state index contributed by atoms with van der Waals surface area (Å²) < 4.78 is 48.2. The number of hydrogen-bond acceptors (Lipinski definition) is 13. The lowest BCUT2D eigenvalue weighted by Gasteiger charge is -2.28. The average Bonchev–Trinajstić information content (AvgIpc) is 3.44. The Morgan fingerprint density at radius 2 is 1.64 bits per heavy atom. The van der Waals surface area contributed by atoms with Crippen molar-refractivity contribution < 1.29 is 52.0 Å². The fraction of sp³-hybridized carbons (Fsp3) is 0.593. The van der Waals surface area contributed by atoms with Crippen molar-refractivity contribution in [1.29, 1.82) is 0 Å². The molecule has 0 saturated carbocycles. The summed E-state index contributed by atoms with van der Waals surface area (Å²) >= 11 is 6.22. The number of hydrogen-bond donors (Lipinski definition) is 0. The molecule has 0 unspecified atom stereocenters. The van der Waals surface area contributed by atoms with Crippen molar-refractivity contribution >= 4 is 52.7 Å². The molecule has 1 saturated heterocycles. The molecule has 242 valence electrons. The van der Waals surface area contributed by atoms with Crippen LogP contribution in [0.5, 0.6) is 0 Å². The third-order valence-corrected chi connectivity index (χ3v) is 6.10. The van der Waals surface area contributed by atoms with E-state index in [1.54, 1.807) is 48.5 Å². The molecule has 44 heavy (non-hydrogen) atoms. The van der Waals surface area contributed by atoms with E-state index in [9.17, 15) is 19.2 Å². The predicted octanol–water partition coefficient (Wildman–Crippen LogP) is 4.27. The Labute approximate surface area is 257 Å². The highest BCUT2D eigenvalue weighted by Gasteiger charge is 2.45. The number of rotatable bonds is 7. The van der Waals surface area contributed by atoms with Crippen LogP contribution < -0.4 is 4.90 Å². The molecule has 0 bridgehead atoms. The third-order valence-electron chi connectivity index (χ3n) is 5.93. The van der Waals surface area contributed by atoms with Crippen LogP contribution in [0.25, 0.3) is 11.2 Å². The van der Waals surface area contributed by atoms with Gasteiger partial charge in [0.05, 0.1) is 32.7 Å². The van der Waals surface area contributed by atoms with Crippen LogP contribution in [0.4, 0.5) is 19.8 Å². The first kappa shape index (κ1) is 34.4. The second-order valence-corrected chi connectivity index (χ2v) is 12.0. The van der Waals surface area contributed by atoms with E-state index in [0.717, 1.165) is 20.3 Å². The van der Waals surface area contributed by atoms with E-state index in [1.165, 1.54) is 10.9 Å². The van der Waals surface area contributed by atoms with Gasteiger partial charge in [-0.05, 0) is 53.1 Å². The van der Waals surface area contributed by atoms with Gasteiger partial charge in [0.15, 0.2) is 29.4 Å². The van der Waals surface area contributed by atoms with Gasteiger partial charge in [0.2, 0.25) is 11.0 Å². The zero-order valence-corrected chi connectivity index (χ0v) is 26.5. The molecule has 0 N–H and O–H groups in total. The minimum absolute atomic E-state index is 0.0700. The fourth-order valence-corrected chi connectivity index (χ4v) is 4.09. The Kier molecular flexibility index (Phi) is 10.4. The second-order valence-electron chi connectivity index (χ2n) is 11.6. The smallest absolute Gasteiger partial charge is 0.425 e. The standard InChI is InChI=1S/C27H35ClFN5O10/c1-13-15(11-41-14(22(36)40-9)10-16(35)39-8)42-21(17(13)29)33-12-30-18-19(33)31-23(28)32-20(18)34(24(37)43-26(2,3)4)25(38)44-27(5,6)7/h10,12-13,15,17,21H,11H2,1-9H3/b14-10-/t13-,15-,17+,21-/m1/s1. The van der Waals surface area contributed by atoms with E-state index in [0.29, 0.717) is 4.90 Å². The number of aromatic nitrogens is 4. The van der Waals surface area contributed by atoms with Gasteiger partial charge in [0.1, 0.15) is 17.8 Å². The first-order valence-electron chi connectivity index (χ1n) is 13.3.